The molecule has 0 atom stereocenters. The largest absolute Gasteiger partial charge is 0.493 e. The van der Waals surface area contributed by atoms with E-state index in [1.165, 1.54) is 18.4 Å². The van der Waals surface area contributed by atoms with Gasteiger partial charge in [0.1, 0.15) is 11.4 Å². The van der Waals surface area contributed by atoms with Crippen molar-refractivity contribution < 1.29 is 23.8 Å². The molecular weight excluding hydrogens is 440 g/mol. The van der Waals surface area contributed by atoms with Gasteiger partial charge in [-0.25, -0.2) is 4.90 Å². The highest BCUT2D eigenvalue weighted by Crippen LogP contribution is 2.40. The zero-order chi connectivity index (χ0) is 23.5. The smallest absolute Gasteiger partial charge is 0.282 e. The Balaban J connectivity index is 1.78. The molecule has 2 amide bonds. The first-order chi connectivity index (χ1) is 15.9. The fourth-order valence-corrected chi connectivity index (χ4v) is 4.34. The molecular formula is C25H24N2O5S. The predicted octanol–water partition coefficient (Wildman–Crippen LogP) is 4.95. The highest BCUT2D eigenvalue weighted by Gasteiger charge is 2.42. The van der Waals surface area contributed by atoms with Crippen molar-refractivity contribution in [3.63, 3.8) is 0 Å². The van der Waals surface area contributed by atoms with Gasteiger partial charge in [0.15, 0.2) is 11.5 Å². The maximum Gasteiger partial charge on any atom is 0.282 e. The minimum atomic E-state index is -0.460. The lowest BCUT2D eigenvalue weighted by Gasteiger charge is -2.20. The number of para-hydroxylation sites is 2. The van der Waals surface area contributed by atoms with Crippen LogP contribution in [0.4, 0.5) is 11.4 Å². The van der Waals surface area contributed by atoms with Gasteiger partial charge in [-0.05, 0) is 49.6 Å². The average molecular weight is 465 g/mol. The molecule has 0 unspecified atom stereocenters. The third kappa shape index (κ3) is 4.29. The lowest BCUT2D eigenvalue weighted by atomic mass is 10.1. The Morgan fingerprint density at radius 2 is 1.64 bits per heavy atom. The second kappa shape index (κ2) is 9.38. The van der Waals surface area contributed by atoms with Crippen molar-refractivity contribution in [2.24, 2.45) is 0 Å². The molecule has 0 saturated heterocycles. The molecule has 1 N–H and O–H groups in total. The van der Waals surface area contributed by atoms with Gasteiger partial charge in [0.05, 0.1) is 31.6 Å². The predicted molar refractivity (Wildman–Crippen MR) is 129 cm³/mol. The van der Waals surface area contributed by atoms with Crippen LogP contribution in [-0.4, -0.2) is 32.1 Å². The lowest BCUT2D eigenvalue weighted by molar-refractivity contribution is -0.120. The molecule has 3 aromatic rings. The molecule has 0 radical (unpaired) electrons. The molecule has 0 spiro atoms. The Hall–Kier alpha value is -3.78. The van der Waals surface area contributed by atoms with Crippen LogP contribution in [0.2, 0.25) is 0 Å². The summed E-state index contributed by atoms with van der Waals surface area (Å²) in [4.78, 5) is 29.1. The van der Waals surface area contributed by atoms with E-state index in [0.29, 0.717) is 39.1 Å². The molecule has 4 rings (SSSR count). The number of benzene rings is 2. The second-order valence-corrected chi connectivity index (χ2v) is 8.45. The summed E-state index contributed by atoms with van der Waals surface area (Å²) in [5.41, 5.74) is 1.49. The quantitative estimate of drug-likeness (QED) is 0.476. The number of rotatable bonds is 8. The van der Waals surface area contributed by atoms with Crippen LogP contribution in [0, 0.1) is 0 Å². The first kappa shape index (κ1) is 22.4. The number of anilines is 2. The van der Waals surface area contributed by atoms with Crippen molar-refractivity contribution in [1.82, 2.24) is 0 Å². The lowest BCUT2D eigenvalue weighted by Crippen LogP contribution is -2.33. The number of ether oxygens (including phenoxy) is 3. The number of imide groups is 1. The van der Waals surface area contributed by atoms with E-state index in [0.717, 1.165) is 4.90 Å². The molecule has 8 heteroatoms. The van der Waals surface area contributed by atoms with Crippen molar-refractivity contribution in [2.75, 3.05) is 24.4 Å². The molecule has 7 nitrogen and oxygen atoms in total. The van der Waals surface area contributed by atoms with Crippen LogP contribution < -0.4 is 24.4 Å². The second-order valence-electron chi connectivity index (χ2n) is 7.50. The van der Waals surface area contributed by atoms with Crippen LogP contribution in [0.25, 0.3) is 5.57 Å². The number of amides is 2. The number of carbonyl (C=O) groups is 2. The Kier molecular flexibility index (Phi) is 6.37. The molecule has 0 saturated carbocycles. The van der Waals surface area contributed by atoms with Crippen molar-refractivity contribution in [3.8, 4) is 17.2 Å². The molecule has 0 aliphatic carbocycles. The first-order valence-electron chi connectivity index (χ1n) is 10.4. The van der Waals surface area contributed by atoms with Gasteiger partial charge in [0.25, 0.3) is 11.8 Å². The Labute approximate surface area is 196 Å². The topological polar surface area (TPSA) is 77.1 Å². The van der Waals surface area contributed by atoms with E-state index >= 15 is 0 Å². The van der Waals surface area contributed by atoms with Gasteiger partial charge in [0, 0.05) is 16.6 Å². The van der Waals surface area contributed by atoms with Crippen LogP contribution in [0.1, 0.15) is 18.7 Å². The molecule has 33 heavy (non-hydrogen) atoms. The summed E-state index contributed by atoms with van der Waals surface area (Å²) in [5, 5.41) is 5.01. The van der Waals surface area contributed by atoms with Gasteiger partial charge in [-0.15, -0.1) is 11.3 Å². The van der Waals surface area contributed by atoms with Gasteiger partial charge in [-0.3, -0.25) is 9.59 Å². The number of carbonyl (C=O) groups excluding carboxylic acids is 2. The van der Waals surface area contributed by atoms with Crippen molar-refractivity contribution in [1.29, 1.82) is 0 Å². The number of methoxy groups -OCH3 is 2. The molecule has 1 aliphatic heterocycles. The summed E-state index contributed by atoms with van der Waals surface area (Å²) < 4.78 is 16.5. The van der Waals surface area contributed by atoms with Crippen LogP contribution in [-0.2, 0) is 9.59 Å². The number of hydrogen-bond acceptors (Lipinski definition) is 7. The Morgan fingerprint density at radius 1 is 0.879 bits per heavy atom. The normalized spacial score (nSPS) is 13.7. The van der Waals surface area contributed by atoms with Gasteiger partial charge >= 0.3 is 0 Å². The van der Waals surface area contributed by atoms with E-state index < -0.39 is 11.8 Å². The monoisotopic (exact) mass is 464 g/mol. The van der Waals surface area contributed by atoms with Crippen LogP contribution in [0.15, 0.2) is 65.7 Å². The van der Waals surface area contributed by atoms with E-state index in [-0.39, 0.29) is 11.8 Å². The van der Waals surface area contributed by atoms with Gasteiger partial charge in [-0.2, -0.15) is 0 Å². The third-order valence-corrected chi connectivity index (χ3v) is 5.86. The highest BCUT2D eigenvalue weighted by molar-refractivity contribution is 7.11. The summed E-state index contributed by atoms with van der Waals surface area (Å²) in [5.74, 6) is 0.658. The maximum atomic E-state index is 13.6. The van der Waals surface area contributed by atoms with E-state index in [1.54, 1.807) is 43.5 Å². The molecule has 1 aromatic heterocycles. The number of nitrogens with zero attached hydrogens (tertiary/aromatic N) is 1. The molecule has 2 heterocycles. The summed E-state index contributed by atoms with van der Waals surface area (Å²) in [6, 6.07) is 15.9. The third-order valence-electron chi connectivity index (χ3n) is 4.97. The SMILES string of the molecule is COc1ccc(NC2=C(c3cccs3)C(=O)N(c3ccccc3OC(C)C)C2=O)cc1OC. The number of thiophene rings is 1. The zero-order valence-corrected chi connectivity index (χ0v) is 19.6. The fourth-order valence-electron chi connectivity index (χ4n) is 3.57. The van der Waals surface area contributed by atoms with Crippen molar-refractivity contribution in [2.45, 2.75) is 20.0 Å². The van der Waals surface area contributed by atoms with Crippen molar-refractivity contribution >= 4 is 40.1 Å². The standard InChI is InChI=1S/C25H24N2O5S/c1-15(2)32-18-9-6-5-8-17(18)27-24(28)22(21-10-7-13-33-21)23(25(27)29)26-16-11-12-19(30-3)20(14-16)31-4/h5-15,26H,1-4H3. The van der Waals surface area contributed by atoms with Gasteiger partial charge < -0.3 is 19.5 Å². The van der Waals surface area contributed by atoms with E-state index in [2.05, 4.69) is 5.32 Å². The number of nitrogens with one attached hydrogen (secondary N) is 1. The minimum absolute atomic E-state index is 0.118. The Bertz CT molecular complexity index is 1220. The summed E-state index contributed by atoms with van der Waals surface area (Å²) in [7, 11) is 3.09. The first-order valence-corrected chi connectivity index (χ1v) is 11.2. The maximum absolute atomic E-state index is 13.6. The molecule has 1 aliphatic rings. The average Bonchev–Trinajstić information content (AvgIpc) is 3.40. The van der Waals surface area contributed by atoms with E-state index in [1.807, 2.05) is 37.4 Å². The van der Waals surface area contributed by atoms with Gasteiger partial charge in [-0.1, -0.05) is 18.2 Å². The fraction of sp³-hybridized carbons (Fsp3) is 0.200. The minimum Gasteiger partial charge on any atom is -0.493 e. The van der Waals surface area contributed by atoms with Crippen LogP contribution in [0.5, 0.6) is 17.2 Å². The molecule has 170 valence electrons. The van der Waals surface area contributed by atoms with Crippen LogP contribution >= 0.6 is 11.3 Å². The summed E-state index contributed by atoms with van der Waals surface area (Å²) in [6.07, 6.45) is -0.118. The molecule has 2 aromatic carbocycles. The molecule has 0 bridgehead atoms. The van der Waals surface area contributed by atoms with E-state index in [4.69, 9.17) is 14.2 Å². The van der Waals surface area contributed by atoms with Gasteiger partial charge in [0.2, 0.25) is 0 Å². The zero-order valence-electron chi connectivity index (χ0n) is 18.7. The number of hydrogen-bond donors (Lipinski definition) is 1. The molecule has 0 fully saturated rings. The highest BCUT2D eigenvalue weighted by atomic mass is 32.1. The van der Waals surface area contributed by atoms with E-state index in [9.17, 15) is 9.59 Å². The van der Waals surface area contributed by atoms with Crippen LogP contribution in [0.3, 0.4) is 0 Å². The van der Waals surface area contributed by atoms with Crippen molar-refractivity contribution in [3.05, 3.63) is 70.6 Å². The summed E-state index contributed by atoms with van der Waals surface area (Å²) in [6.45, 7) is 3.79. The summed E-state index contributed by atoms with van der Waals surface area (Å²) >= 11 is 1.39. The Morgan fingerprint density at radius 3 is 2.30 bits per heavy atom.